The summed E-state index contributed by atoms with van der Waals surface area (Å²) in [5.74, 6) is 0. The molecule has 0 rings (SSSR count). The third-order valence-electron chi connectivity index (χ3n) is 0.588. The Morgan fingerprint density at radius 2 is 0.833 bits per heavy atom. The first-order chi connectivity index (χ1) is 7.62. The number of halogens is 6. The smallest absolute Gasteiger partial charge is 0.166 e. The standard InChI is InChI=1S/C2F6O8S2/c3-1(4,5)13-17(9,10)15-16-18(11,12)14-2(6,7)8. The zero-order valence-corrected chi connectivity index (χ0v) is 8.98. The van der Waals surface area contributed by atoms with Gasteiger partial charge in [-0.2, -0.15) is 16.8 Å². The van der Waals surface area contributed by atoms with E-state index in [0.717, 1.165) is 0 Å². The van der Waals surface area contributed by atoms with Crippen LogP contribution in [0.15, 0.2) is 0 Å². The molecule has 16 heteroatoms. The zero-order valence-electron chi connectivity index (χ0n) is 7.35. The van der Waals surface area contributed by atoms with Gasteiger partial charge in [0, 0.05) is 0 Å². The van der Waals surface area contributed by atoms with Gasteiger partial charge < -0.3 is 0 Å². The molecule has 0 N–H and O–H groups in total. The second-order valence-corrected chi connectivity index (χ2v) is 4.25. The maximum atomic E-state index is 11.3. The van der Waals surface area contributed by atoms with Crippen LogP contribution in [0.3, 0.4) is 0 Å². The number of hydrogen-bond acceptors (Lipinski definition) is 8. The molecule has 0 fully saturated rings. The minimum atomic E-state index is -6.10. The molecule has 110 valence electrons. The summed E-state index contributed by atoms with van der Waals surface area (Å²) in [6, 6.07) is 0. The normalized spacial score (nSPS) is 14.8. The predicted octanol–water partition coefficient (Wildman–Crippen LogP) is 0.497. The molecule has 0 bridgehead atoms. The molecule has 0 spiro atoms. The van der Waals surface area contributed by atoms with Crippen LogP contribution in [0.1, 0.15) is 0 Å². The Labute approximate surface area is 94.6 Å². The molecule has 0 aromatic rings. The van der Waals surface area contributed by atoms with E-state index in [1.165, 1.54) is 0 Å². The monoisotopic (exact) mass is 330 g/mol. The first kappa shape index (κ1) is 17.3. The molecule has 0 atom stereocenters. The minimum absolute atomic E-state index is 2.17. The van der Waals surface area contributed by atoms with Crippen LogP contribution in [0.4, 0.5) is 26.3 Å². The lowest BCUT2D eigenvalue weighted by atomic mass is 11.4. The van der Waals surface area contributed by atoms with Gasteiger partial charge in [-0.25, -0.2) is 0 Å². The Balaban J connectivity index is 4.60. The topological polar surface area (TPSA) is 105 Å². The fourth-order valence-electron chi connectivity index (χ4n) is 0.327. The third kappa shape index (κ3) is 9.36. The van der Waals surface area contributed by atoms with E-state index in [2.05, 4.69) is 17.0 Å². The summed E-state index contributed by atoms with van der Waals surface area (Å²) < 4.78 is 118. The molecule has 0 aromatic carbocycles. The molecule has 0 saturated heterocycles. The second kappa shape index (κ2) is 5.13. The number of hydrogen-bond donors (Lipinski definition) is 0. The quantitative estimate of drug-likeness (QED) is 0.407. The SMILES string of the molecule is O=S(=O)(OOS(=O)(=O)OC(F)(F)F)OC(F)(F)F. The van der Waals surface area contributed by atoms with Gasteiger partial charge in [-0.15, -0.1) is 34.7 Å². The highest BCUT2D eigenvalue weighted by Crippen LogP contribution is 2.23. The van der Waals surface area contributed by atoms with E-state index in [4.69, 9.17) is 0 Å². The fraction of sp³-hybridized carbons (Fsp3) is 1.00. The van der Waals surface area contributed by atoms with Gasteiger partial charge in [0.05, 0.1) is 0 Å². The highest BCUT2D eigenvalue weighted by atomic mass is 32.3. The van der Waals surface area contributed by atoms with E-state index >= 15 is 0 Å². The van der Waals surface area contributed by atoms with Gasteiger partial charge in [0.15, 0.2) is 0 Å². The van der Waals surface area contributed by atoms with Crippen LogP contribution >= 0.6 is 0 Å². The van der Waals surface area contributed by atoms with Crippen molar-refractivity contribution in [3.8, 4) is 0 Å². The summed E-state index contributed by atoms with van der Waals surface area (Å²) in [4.78, 5) is 0. The van der Waals surface area contributed by atoms with Crippen LogP contribution in [0.25, 0.3) is 0 Å². The van der Waals surface area contributed by atoms with E-state index < -0.39 is 33.5 Å². The van der Waals surface area contributed by atoms with Gasteiger partial charge in [0.25, 0.3) is 0 Å². The van der Waals surface area contributed by atoms with Crippen molar-refractivity contribution in [1.82, 2.24) is 0 Å². The van der Waals surface area contributed by atoms with Crippen LogP contribution in [-0.2, 0) is 37.8 Å². The first-order valence-corrected chi connectivity index (χ1v) is 5.71. The van der Waals surface area contributed by atoms with Gasteiger partial charge in [0.2, 0.25) is 0 Å². The Hall–Kier alpha value is -0.680. The molecule has 0 aliphatic carbocycles. The molecule has 0 saturated carbocycles. The highest BCUT2D eigenvalue weighted by Gasteiger charge is 2.42. The predicted molar refractivity (Wildman–Crippen MR) is 34.3 cm³/mol. The van der Waals surface area contributed by atoms with E-state index in [0.29, 0.717) is 0 Å². The lowest BCUT2D eigenvalue weighted by Crippen LogP contribution is -2.26. The zero-order chi connectivity index (χ0) is 14.8. The van der Waals surface area contributed by atoms with Crippen LogP contribution < -0.4 is 0 Å². The number of alkyl halides is 6. The fourth-order valence-corrected chi connectivity index (χ4v) is 1.39. The Morgan fingerprint density at radius 1 is 0.611 bits per heavy atom. The van der Waals surface area contributed by atoms with Crippen molar-refractivity contribution in [2.45, 2.75) is 12.7 Å². The van der Waals surface area contributed by atoms with Crippen molar-refractivity contribution < 1.29 is 60.2 Å². The molecule has 0 aliphatic heterocycles. The molecule has 0 radical (unpaired) electrons. The molecule has 0 unspecified atom stereocenters. The lowest BCUT2D eigenvalue weighted by Gasteiger charge is -2.08. The highest BCUT2D eigenvalue weighted by molar-refractivity contribution is 7.84. The van der Waals surface area contributed by atoms with Gasteiger partial charge >= 0.3 is 33.5 Å². The Kier molecular flexibility index (Phi) is 4.94. The molecule has 0 heterocycles. The minimum Gasteiger partial charge on any atom is -0.166 e. The lowest BCUT2D eigenvalue weighted by molar-refractivity contribution is -0.292. The average Bonchev–Trinajstić information content (AvgIpc) is 1.91. The van der Waals surface area contributed by atoms with E-state index in [-0.39, 0.29) is 0 Å². The van der Waals surface area contributed by atoms with Crippen molar-refractivity contribution in [2.24, 2.45) is 0 Å². The first-order valence-electron chi connectivity index (χ1n) is 3.04. The van der Waals surface area contributed by atoms with Crippen molar-refractivity contribution in [2.75, 3.05) is 0 Å². The van der Waals surface area contributed by atoms with Crippen molar-refractivity contribution in [3.05, 3.63) is 0 Å². The molecule has 18 heavy (non-hydrogen) atoms. The molecular formula is C2F6O8S2. The summed E-state index contributed by atoms with van der Waals surface area (Å²) in [5, 5.41) is 0. The maximum absolute atomic E-state index is 11.3. The summed E-state index contributed by atoms with van der Waals surface area (Å²) in [6.45, 7) is 0. The Morgan fingerprint density at radius 3 is 1.00 bits per heavy atom. The van der Waals surface area contributed by atoms with E-state index in [9.17, 15) is 43.2 Å². The third-order valence-corrected chi connectivity index (χ3v) is 1.93. The average molecular weight is 330 g/mol. The summed E-state index contributed by atoms with van der Waals surface area (Å²) in [6.07, 6.45) is -11.6. The van der Waals surface area contributed by atoms with Gasteiger partial charge in [-0.05, 0) is 0 Å². The molecule has 0 amide bonds. The van der Waals surface area contributed by atoms with Gasteiger partial charge in [-0.3, -0.25) is 0 Å². The summed E-state index contributed by atoms with van der Waals surface area (Å²) in [7, 11) is -12.2. The van der Waals surface area contributed by atoms with Gasteiger partial charge in [0.1, 0.15) is 0 Å². The molecule has 8 nitrogen and oxygen atoms in total. The van der Waals surface area contributed by atoms with Crippen molar-refractivity contribution in [3.63, 3.8) is 0 Å². The number of rotatable bonds is 5. The molecular weight excluding hydrogens is 330 g/mol. The largest absolute Gasteiger partial charge is 0.538 e. The molecule has 0 aromatic heterocycles. The maximum Gasteiger partial charge on any atom is 0.538 e. The van der Waals surface area contributed by atoms with Gasteiger partial charge in [-0.1, -0.05) is 8.67 Å². The van der Waals surface area contributed by atoms with Crippen molar-refractivity contribution >= 4 is 20.8 Å². The second-order valence-electron chi connectivity index (χ2n) is 2.01. The van der Waals surface area contributed by atoms with Crippen LogP contribution in [0.5, 0.6) is 0 Å². The van der Waals surface area contributed by atoms with Crippen LogP contribution in [0.2, 0.25) is 0 Å². The van der Waals surface area contributed by atoms with Crippen molar-refractivity contribution in [1.29, 1.82) is 0 Å². The van der Waals surface area contributed by atoms with E-state index in [1.807, 2.05) is 0 Å². The van der Waals surface area contributed by atoms with E-state index in [1.54, 1.807) is 0 Å². The Bertz CT molecular complexity index is 423. The van der Waals surface area contributed by atoms with Crippen LogP contribution in [0, 0.1) is 0 Å². The van der Waals surface area contributed by atoms with Crippen LogP contribution in [-0.4, -0.2) is 29.6 Å². The summed E-state index contributed by atoms with van der Waals surface area (Å²) in [5.41, 5.74) is 0. The molecule has 0 aliphatic rings. The summed E-state index contributed by atoms with van der Waals surface area (Å²) >= 11 is 0.